The molecule has 104 valence electrons. The predicted octanol–water partition coefficient (Wildman–Crippen LogP) is 3.87. The Hall–Kier alpha value is -2.00. The van der Waals surface area contributed by atoms with Crippen LogP contribution >= 0.6 is 11.6 Å². The summed E-state index contributed by atoms with van der Waals surface area (Å²) in [7, 11) is 1.50. The smallest absolute Gasteiger partial charge is 0.163 e. The van der Waals surface area contributed by atoms with Crippen LogP contribution in [0.25, 0.3) is 0 Å². The lowest BCUT2D eigenvalue weighted by Crippen LogP contribution is -2.01. The van der Waals surface area contributed by atoms with Gasteiger partial charge in [0.25, 0.3) is 0 Å². The van der Waals surface area contributed by atoms with Crippen LogP contribution in [0.2, 0.25) is 5.02 Å². The number of hydrogen-bond donors (Lipinski definition) is 1. The molecule has 0 fully saturated rings. The van der Waals surface area contributed by atoms with Gasteiger partial charge in [0.15, 0.2) is 17.3 Å². The summed E-state index contributed by atoms with van der Waals surface area (Å²) in [6.07, 6.45) is 0.994. The molecule has 1 N–H and O–H groups in total. The first-order chi connectivity index (χ1) is 9.60. The lowest BCUT2D eigenvalue weighted by Gasteiger charge is -2.06. The molecule has 0 aliphatic carbocycles. The van der Waals surface area contributed by atoms with Crippen molar-refractivity contribution in [3.63, 3.8) is 0 Å². The van der Waals surface area contributed by atoms with E-state index in [1.54, 1.807) is 42.5 Å². The van der Waals surface area contributed by atoms with Crippen molar-refractivity contribution < 1.29 is 14.6 Å². The third-order valence-corrected chi connectivity index (χ3v) is 3.30. The summed E-state index contributed by atoms with van der Waals surface area (Å²) in [5, 5.41) is 10.1. The van der Waals surface area contributed by atoms with Crippen molar-refractivity contribution in [3.05, 3.63) is 58.6 Å². The minimum absolute atomic E-state index is 0.0636. The third-order valence-electron chi connectivity index (χ3n) is 3.05. The molecular formula is C16H15ClO3. The Morgan fingerprint density at radius 1 is 1.20 bits per heavy atom. The zero-order valence-electron chi connectivity index (χ0n) is 11.1. The van der Waals surface area contributed by atoms with Crippen molar-refractivity contribution in [1.82, 2.24) is 0 Å². The lowest BCUT2D eigenvalue weighted by molar-refractivity contribution is 0.0983. The molecule has 2 rings (SSSR count). The number of rotatable bonds is 5. The average Bonchev–Trinajstić information content (AvgIpc) is 2.46. The van der Waals surface area contributed by atoms with Crippen molar-refractivity contribution >= 4 is 17.4 Å². The number of Topliss-reactive ketones (excluding diaryl/α,β-unsaturated/α-hetero) is 1. The number of carbonyl (C=O) groups is 1. The molecule has 4 heteroatoms. The fraction of sp³-hybridized carbons (Fsp3) is 0.188. The number of phenols is 1. The normalized spacial score (nSPS) is 10.3. The minimum atomic E-state index is 0.0636. The van der Waals surface area contributed by atoms with Crippen LogP contribution in [-0.2, 0) is 6.42 Å². The van der Waals surface area contributed by atoms with Crippen LogP contribution < -0.4 is 4.74 Å². The van der Waals surface area contributed by atoms with Crippen LogP contribution in [-0.4, -0.2) is 18.0 Å². The van der Waals surface area contributed by atoms with Crippen LogP contribution in [0.4, 0.5) is 0 Å². The Bertz CT molecular complexity index is 606. The fourth-order valence-electron chi connectivity index (χ4n) is 1.92. The average molecular weight is 291 g/mol. The van der Waals surface area contributed by atoms with Gasteiger partial charge in [-0.25, -0.2) is 0 Å². The number of methoxy groups -OCH3 is 1. The lowest BCUT2D eigenvalue weighted by atomic mass is 10.0. The van der Waals surface area contributed by atoms with Gasteiger partial charge in [0.05, 0.1) is 7.11 Å². The molecule has 0 spiro atoms. The summed E-state index contributed by atoms with van der Waals surface area (Å²) in [5.41, 5.74) is 1.60. The van der Waals surface area contributed by atoms with E-state index in [4.69, 9.17) is 16.3 Å². The Kier molecular flexibility index (Phi) is 4.64. The van der Waals surface area contributed by atoms with Crippen LogP contribution in [0.5, 0.6) is 11.5 Å². The van der Waals surface area contributed by atoms with Gasteiger partial charge in [-0.1, -0.05) is 17.7 Å². The number of halogens is 1. The number of carbonyl (C=O) groups excluding carboxylic acids is 1. The second kappa shape index (κ2) is 6.44. The van der Waals surface area contributed by atoms with Gasteiger partial charge in [0.1, 0.15) is 0 Å². The standard InChI is InChI=1S/C16H15ClO3/c1-20-16-10-11(3-9-15(16)19)2-8-14(18)12-4-6-13(17)7-5-12/h3-7,9-10,19H,2,8H2,1H3. The Labute approximate surface area is 122 Å². The number of ether oxygens (including phenoxy) is 1. The molecule has 0 aliphatic rings. The summed E-state index contributed by atoms with van der Waals surface area (Å²) in [6.45, 7) is 0. The number of phenolic OH excluding ortho intramolecular Hbond substituents is 1. The van der Waals surface area contributed by atoms with E-state index in [9.17, 15) is 9.90 Å². The van der Waals surface area contributed by atoms with Gasteiger partial charge in [-0.15, -0.1) is 0 Å². The quantitative estimate of drug-likeness (QED) is 0.850. The highest BCUT2D eigenvalue weighted by Gasteiger charge is 2.08. The van der Waals surface area contributed by atoms with Gasteiger partial charge in [0, 0.05) is 17.0 Å². The number of aryl methyl sites for hydroxylation is 1. The molecule has 0 atom stereocenters. The number of ketones is 1. The van der Waals surface area contributed by atoms with E-state index < -0.39 is 0 Å². The molecule has 0 heterocycles. The summed E-state index contributed by atoms with van der Waals surface area (Å²) in [6, 6.07) is 12.0. The molecular weight excluding hydrogens is 276 g/mol. The summed E-state index contributed by atoms with van der Waals surface area (Å²) in [4.78, 5) is 12.0. The monoisotopic (exact) mass is 290 g/mol. The number of hydrogen-bond acceptors (Lipinski definition) is 3. The molecule has 2 aromatic carbocycles. The van der Waals surface area contributed by atoms with Gasteiger partial charge in [-0.3, -0.25) is 4.79 Å². The van der Waals surface area contributed by atoms with Crippen LogP contribution in [0.3, 0.4) is 0 Å². The Balaban J connectivity index is 2.01. The minimum Gasteiger partial charge on any atom is -0.504 e. The van der Waals surface area contributed by atoms with E-state index in [1.165, 1.54) is 7.11 Å². The third kappa shape index (κ3) is 3.52. The van der Waals surface area contributed by atoms with E-state index in [2.05, 4.69) is 0 Å². The van der Waals surface area contributed by atoms with Crippen molar-refractivity contribution in [3.8, 4) is 11.5 Å². The zero-order valence-corrected chi connectivity index (χ0v) is 11.9. The first-order valence-electron chi connectivity index (χ1n) is 6.25. The van der Waals surface area contributed by atoms with E-state index in [0.717, 1.165) is 5.56 Å². The maximum atomic E-state index is 12.0. The molecule has 0 aliphatic heterocycles. The highest BCUT2D eigenvalue weighted by atomic mass is 35.5. The van der Waals surface area contributed by atoms with Gasteiger partial charge in [-0.2, -0.15) is 0 Å². The largest absolute Gasteiger partial charge is 0.504 e. The molecule has 0 amide bonds. The Morgan fingerprint density at radius 2 is 1.90 bits per heavy atom. The van der Waals surface area contributed by atoms with Crippen LogP contribution in [0.15, 0.2) is 42.5 Å². The Morgan fingerprint density at radius 3 is 2.55 bits per heavy atom. The molecule has 0 bridgehead atoms. The predicted molar refractivity (Wildman–Crippen MR) is 78.8 cm³/mol. The maximum absolute atomic E-state index is 12.0. The first kappa shape index (κ1) is 14.4. The summed E-state index contributed by atoms with van der Waals surface area (Å²) in [5.74, 6) is 0.579. The van der Waals surface area contributed by atoms with Crippen LogP contribution in [0.1, 0.15) is 22.3 Å². The topological polar surface area (TPSA) is 46.5 Å². The molecule has 0 aromatic heterocycles. The van der Waals surface area contributed by atoms with Crippen molar-refractivity contribution in [2.75, 3.05) is 7.11 Å². The second-order valence-corrected chi connectivity index (χ2v) is 4.87. The van der Waals surface area contributed by atoms with Gasteiger partial charge >= 0.3 is 0 Å². The molecule has 2 aromatic rings. The van der Waals surface area contributed by atoms with Gasteiger partial charge in [-0.05, 0) is 48.4 Å². The fourth-order valence-corrected chi connectivity index (χ4v) is 2.04. The van der Waals surface area contributed by atoms with E-state index in [-0.39, 0.29) is 11.5 Å². The van der Waals surface area contributed by atoms with Gasteiger partial charge in [0.2, 0.25) is 0 Å². The SMILES string of the molecule is COc1cc(CCC(=O)c2ccc(Cl)cc2)ccc1O. The summed E-state index contributed by atoms with van der Waals surface area (Å²) < 4.78 is 5.04. The van der Waals surface area contributed by atoms with Crippen molar-refractivity contribution in [1.29, 1.82) is 0 Å². The van der Waals surface area contributed by atoms with Crippen LogP contribution in [0, 0.1) is 0 Å². The zero-order chi connectivity index (χ0) is 14.5. The molecule has 0 saturated carbocycles. The number of benzene rings is 2. The molecule has 20 heavy (non-hydrogen) atoms. The highest BCUT2D eigenvalue weighted by Crippen LogP contribution is 2.26. The molecule has 0 radical (unpaired) electrons. The first-order valence-corrected chi connectivity index (χ1v) is 6.62. The molecule has 0 saturated heterocycles. The summed E-state index contributed by atoms with van der Waals surface area (Å²) >= 11 is 5.79. The van der Waals surface area contributed by atoms with E-state index in [1.807, 2.05) is 0 Å². The molecule has 0 unspecified atom stereocenters. The number of aromatic hydroxyl groups is 1. The van der Waals surface area contributed by atoms with Gasteiger partial charge < -0.3 is 9.84 Å². The second-order valence-electron chi connectivity index (χ2n) is 4.44. The van der Waals surface area contributed by atoms with E-state index in [0.29, 0.717) is 29.2 Å². The molecule has 3 nitrogen and oxygen atoms in total. The van der Waals surface area contributed by atoms with Crippen molar-refractivity contribution in [2.45, 2.75) is 12.8 Å². The highest BCUT2D eigenvalue weighted by molar-refractivity contribution is 6.30. The maximum Gasteiger partial charge on any atom is 0.163 e. The van der Waals surface area contributed by atoms with E-state index >= 15 is 0 Å². The van der Waals surface area contributed by atoms with Crippen molar-refractivity contribution in [2.24, 2.45) is 0 Å².